The molecule has 2 aromatic carbocycles. The van der Waals surface area contributed by atoms with Crippen LogP contribution in [0.3, 0.4) is 0 Å². The van der Waals surface area contributed by atoms with Crippen LogP contribution in [-0.4, -0.2) is 79.6 Å². The SMILES string of the molecule is COC(=O)[C@@H](NC(=O)[C@@H](NC(=O)[C@H](Cc1ccccc1)NC(=O)N[C@H](Cc1ccccc1)NC(=O)CNC(=O)[C@H](C)N)C(C)C)C(C)C. The first-order valence-corrected chi connectivity index (χ1v) is 15.9. The number of amides is 6. The van der Waals surface area contributed by atoms with E-state index in [2.05, 4.69) is 31.9 Å². The van der Waals surface area contributed by atoms with Crippen LogP contribution in [0.25, 0.3) is 0 Å². The molecule has 0 spiro atoms. The Hall–Kier alpha value is -4.98. The molecule has 5 atom stereocenters. The van der Waals surface area contributed by atoms with E-state index in [-0.39, 0.29) is 31.2 Å². The van der Waals surface area contributed by atoms with Crippen molar-refractivity contribution >= 4 is 35.6 Å². The zero-order valence-electron chi connectivity index (χ0n) is 28.4. The number of urea groups is 1. The Bertz CT molecular complexity index is 1370. The van der Waals surface area contributed by atoms with Gasteiger partial charge >= 0.3 is 12.0 Å². The van der Waals surface area contributed by atoms with Gasteiger partial charge in [-0.3, -0.25) is 19.2 Å². The van der Waals surface area contributed by atoms with E-state index in [1.165, 1.54) is 14.0 Å². The van der Waals surface area contributed by atoms with Gasteiger partial charge in [-0.05, 0) is 29.9 Å². The molecule has 0 aliphatic rings. The monoisotopic (exact) mass is 667 g/mol. The highest BCUT2D eigenvalue weighted by Crippen LogP contribution is 2.10. The zero-order chi connectivity index (χ0) is 35.8. The smallest absolute Gasteiger partial charge is 0.328 e. The van der Waals surface area contributed by atoms with Crippen LogP contribution in [0.1, 0.15) is 45.7 Å². The lowest BCUT2D eigenvalue weighted by atomic mass is 9.99. The van der Waals surface area contributed by atoms with Crippen molar-refractivity contribution in [3.05, 3.63) is 71.8 Å². The van der Waals surface area contributed by atoms with Gasteiger partial charge in [-0.15, -0.1) is 0 Å². The third kappa shape index (κ3) is 13.4. The van der Waals surface area contributed by atoms with Crippen LogP contribution < -0.4 is 37.6 Å². The minimum atomic E-state index is -1.14. The lowest BCUT2D eigenvalue weighted by molar-refractivity contribution is -0.146. The van der Waals surface area contributed by atoms with Gasteiger partial charge in [-0.1, -0.05) is 88.4 Å². The molecule has 14 nitrogen and oxygen atoms in total. The molecule has 0 radical (unpaired) electrons. The summed E-state index contributed by atoms with van der Waals surface area (Å²) >= 11 is 0. The van der Waals surface area contributed by atoms with Crippen molar-refractivity contribution in [3.8, 4) is 0 Å². The van der Waals surface area contributed by atoms with E-state index in [0.717, 1.165) is 11.1 Å². The molecule has 48 heavy (non-hydrogen) atoms. The molecular weight excluding hydrogens is 618 g/mol. The van der Waals surface area contributed by atoms with E-state index in [0.29, 0.717) is 0 Å². The zero-order valence-corrected chi connectivity index (χ0v) is 28.4. The number of methoxy groups -OCH3 is 1. The van der Waals surface area contributed by atoms with Crippen LogP contribution in [0.15, 0.2) is 60.7 Å². The van der Waals surface area contributed by atoms with Crippen molar-refractivity contribution in [1.29, 1.82) is 0 Å². The molecule has 0 aliphatic carbocycles. The number of hydrogen-bond donors (Lipinski definition) is 7. The summed E-state index contributed by atoms with van der Waals surface area (Å²) in [6, 6.07) is 13.4. The second kappa shape index (κ2) is 19.6. The number of esters is 1. The van der Waals surface area contributed by atoms with Crippen molar-refractivity contribution in [2.24, 2.45) is 17.6 Å². The summed E-state index contributed by atoms with van der Waals surface area (Å²) in [5, 5.41) is 15.9. The standard InChI is InChI=1S/C34H49N7O7/c1-20(2)28(32(45)41-29(21(3)4)33(46)48-6)40-31(44)25(17-23-13-9-7-10-14-23)37-34(47)39-26(18-24-15-11-8-12-16-24)38-27(42)19-36-30(43)22(5)35/h7-16,20-22,25-26,28-29H,17-19,35H2,1-6H3,(H,36,43)(H,38,42)(H,40,44)(H,41,45)(H2,37,39,47)/t22-,25-,26+,28-,29-/m0/s1. The van der Waals surface area contributed by atoms with Gasteiger partial charge < -0.3 is 42.4 Å². The molecular formula is C34H49N7O7. The number of carbonyl (C=O) groups excluding carboxylic acids is 6. The molecule has 2 rings (SSSR count). The minimum absolute atomic E-state index is 0.0856. The molecule has 14 heteroatoms. The van der Waals surface area contributed by atoms with Gasteiger partial charge in [-0.2, -0.15) is 0 Å². The normalized spacial score (nSPS) is 14.0. The van der Waals surface area contributed by atoms with Crippen molar-refractivity contribution < 1.29 is 33.5 Å². The van der Waals surface area contributed by atoms with Gasteiger partial charge in [0, 0.05) is 12.8 Å². The number of nitrogens with one attached hydrogen (secondary N) is 6. The van der Waals surface area contributed by atoms with Crippen molar-refractivity contribution in [1.82, 2.24) is 31.9 Å². The molecule has 0 fully saturated rings. The van der Waals surface area contributed by atoms with E-state index in [4.69, 9.17) is 10.5 Å². The molecule has 2 aromatic rings. The third-order valence-corrected chi connectivity index (χ3v) is 7.33. The Balaban J connectivity index is 2.25. The summed E-state index contributed by atoms with van der Waals surface area (Å²) in [6.07, 6.45) is -0.639. The van der Waals surface area contributed by atoms with Crippen LogP contribution in [0.5, 0.6) is 0 Å². The van der Waals surface area contributed by atoms with Gasteiger partial charge in [0.2, 0.25) is 23.6 Å². The number of benzene rings is 2. The average Bonchev–Trinajstić information content (AvgIpc) is 3.04. The second-order valence-electron chi connectivity index (χ2n) is 12.2. The Kier molecular flexibility index (Phi) is 16.0. The van der Waals surface area contributed by atoms with E-state index in [9.17, 15) is 28.8 Å². The first kappa shape index (κ1) is 39.2. The summed E-state index contributed by atoms with van der Waals surface area (Å²) in [5.41, 5.74) is 7.10. The molecule has 0 heterocycles. The molecule has 0 aromatic heterocycles. The van der Waals surface area contributed by atoms with Crippen LogP contribution in [0.2, 0.25) is 0 Å². The molecule has 0 aliphatic heterocycles. The molecule has 8 N–H and O–H groups in total. The summed E-state index contributed by atoms with van der Waals surface area (Å²) in [7, 11) is 1.23. The number of nitrogens with two attached hydrogens (primary N) is 1. The maximum absolute atomic E-state index is 13.7. The Morgan fingerprint density at radius 3 is 1.67 bits per heavy atom. The highest BCUT2D eigenvalue weighted by molar-refractivity contribution is 5.94. The fraction of sp³-hybridized carbons (Fsp3) is 0.471. The molecule has 262 valence electrons. The number of hydrogen-bond acceptors (Lipinski definition) is 8. The predicted molar refractivity (Wildman–Crippen MR) is 180 cm³/mol. The average molecular weight is 668 g/mol. The lowest BCUT2D eigenvalue weighted by Crippen LogP contribution is -2.60. The summed E-state index contributed by atoms with van der Waals surface area (Å²) in [5.74, 6) is -3.55. The van der Waals surface area contributed by atoms with Crippen molar-refractivity contribution in [3.63, 3.8) is 0 Å². The number of rotatable bonds is 17. The Morgan fingerprint density at radius 2 is 1.17 bits per heavy atom. The molecule has 0 unspecified atom stereocenters. The topological polar surface area (TPSA) is 210 Å². The fourth-order valence-electron chi connectivity index (χ4n) is 4.64. The van der Waals surface area contributed by atoms with E-state index in [1.54, 1.807) is 52.0 Å². The molecule has 0 bridgehead atoms. The van der Waals surface area contributed by atoms with E-state index < -0.39 is 66.0 Å². The van der Waals surface area contributed by atoms with Gasteiger partial charge in [0.05, 0.1) is 19.7 Å². The third-order valence-electron chi connectivity index (χ3n) is 7.33. The maximum Gasteiger partial charge on any atom is 0.328 e. The summed E-state index contributed by atoms with van der Waals surface area (Å²) in [6.45, 7) is 8.13. The quantitative estimate of drug-likeness (QED) is 0.0931. The maximum atomic E-state index is 13.7. The van der Waals surface area contributed by atoms with E-state index in [1.807, 2.05) is 36.4 Å². The van der Waals surface area contributed by atoms with Gasteiger partial charge in [0.1, 0.15) is 24.3 Å². The first-order chi connectivity index (χ1) is 22.7. The molecule has 6 amide bonds. The first-order valence-electron chi connectivity index (χ1n) is 15.9. The lowest BCUT2D eigenvalue weighted by Gasteiger charge is -2.28. The molecule has 0 saturated carbocycles. The van der Waals surface area contributed by atoms with Gasteiger partial charge in [0.15, 0.2) is 0 Å². The molecule has 0 saturated heterocycles. The van der Waals surface area contributed by atoms with Crippen molar-refractivity contribution in [2.75, 3.05) is 13.7 Å². The predicted octanol–water partition coefficient (Wildman–Crippen LogP) is 0.500. The minimum Gasteiger partial charge on any atom is -0.467 e. The fourth-order valence-corrected chi connectivity index (χ4v) is 4.64. The number of carbonyl (C=O) groups is 6. The van der Waals surface area contributed by atoms with E-state index >= 15 is 0 Å². The summed E-state index contributed by atoms with van der Waals surface area (Å²) < 4.78 is 4.83. The van der Waals surface area contributed by atoms with Crippen LogP contribution in [0, 0.1) is 11.8 Å². The van der Waals surface area contributed by atoms with Gasteiger partial charge in [0.25, 0.3) is 0 Å². The largest absolute Gasteiger partial charge is 0.467 e. The van der Waals surface area contributed by atoms with Crippen molar-refractivity contribution in [2.45, 2.75) is 77.8 Å². The van der Waals surface area contributed by atoms with Gasteiger partial charge in [-0.25, -0.2) is 9.59 Å². The Morgan fingerprint density at radius 1 is 0.646 bits per heavy atom. The highest BCUT2D eigenvalue weighted by atomic mass is 16.5. The van der Waals surface area contributed by atoms with Crippen LogP contribution in [0.4, 0.5) is 4.79 Å². The Labute approximate surface area is 281 Å². The number of ether oxygens (including phenoxy) is 1. The second-order valence-corrected chi connectivity index (χ2v) is 12.2. The van der Waals surface area contributed by atoms with Crippen LogP contribution >= 0.6 is 0 Å². The highest BCUT2D eigenvalue weighted by Gasteiger charge is 2.33. The summed E-state index contributed by atoms with van der Waals surface area (Å²) in [4.78, 5) is 77.2. The van der Waals surface area contributed by atoms with Crippen LogP contribution in [-0.2, 0) is 41.6 Å².